The Morgan fingerprint density at radius 3 is 2.84 bits per heavy atom. The summed E-state index contributed by atoms with van der Waals surface area (Å²) in [4.78, 5) is 31.6. The first-order valence-corrected chi connectivity index (χ1v) is 10.2. The molecule has 32 heavy (non-hydrogen) atoms. The fraction of sp³-hybridized carbons (Fsp3) is 0.261. The fourth-order valence-electron chi connectivity index (χ4n) is 4.39. The van der Waals surface area contributed by atoms with Gasteiger partial charge in [0.1, 0.15) is 17.0 Å². The fourth-order valence-corrected chi connectivity index (χ4v) is 4.39. The number of carbonyl (C=O) groups is 2. The number of urea groups is 1. The van der Waals surface area contributed by atoms with Crippen molar-refractivity contribution in [3.63, 3.8) is 0 Å². The number of nitrogens with zero attached hydrogens (tertiary/aromatic N) is 2. The Kier molecular flexibility index (Phi) is 4.63. The van der Waals surface area contributed by atoms with Gasteiger partial charge in [-0.05, 0) is 36.2 Å². The lowest BCUT2D eigenvalue weighted by molar-refractivity contribution is -0.125. The van der Waals surface area contributed by atoms with Crippen LogP contribution in [0.1, 0.15) is 29.4 Å². The highest BCUT2D eigenvalue weighted by atomic mass is 16.5. The van der Waals surface area contributed by atoms with Crippen molar-refractivity contribution in [3.8, 4) is 5.75 Å². The molecular weight excluding hydrogens is 412 g/mol. The number of hydrogen-bond donors (Lipinski definition) is 3. The number of aliphatic hydroxyl groups excluding tert-OH is 1. The highest BCUT2D eigenvalue weighted by Gasteiger charge is 2.52. The highest BCUT2D eigenvalue weighted by molar-refractivity contribution is 6.07. The molecule has 0 radical (unpaired) electrons. The van der Waals surface area contributed by atoms with Crippen LogP contribution in [0.4, 0.5) is 4.79 Å². The summed E-state index contributed by atoms with van der Waals surface area (Å²) in [6.07, 6.45) is 3.52. The van der Waals surface area contributed by atoms with E-state index in [0.717, 1.165) is 22.6 Å². The predicted molar refractivity (Wildman–Crippen MR) is 115 cm³/mol. The number of allylic oxidation sites excluding steroid dienone is 1. The summed E-state index contributed by atoms with van der Waals surface area (Å²) in [6, 6.07) is 8.61. The van der Waals surface area contributed by atoms with Crippen LogP contribution in [0.3, 0.4) is 0 Å². The summed E-state index contributed by atoms with van der Waals surface area (Å²) in [7, 11) is 1.62. The van der Waals surface area contributed by atoms with Crippen LogP contribution in [0.2, 0.25) is 0 Å². The molecular formula is C23H22N4O5. The SMILES string of the molecule is C/C=C1\c2cc(OC)ccc2CN1C[C@@]1(c2cc3ncc(CO)cc3o2)NC(=O)NC1=O. The molecule has 0 saturated carbocycles. The minimum Gasteiger partial charge on any atom is -0.497 e. The number of rotatable bonds is 5. The molecule has 0 bridgehead atoms. The molecule has 3 aromatic rings. The monoisotopic (exact) mass is 434 g/mol. The molecule has 1 saturated heterocycles. The average molecular weight is 434 g/mol. The van der Waals surface area contributed by atoms with Gasteiger partial charge in [0, 0.05) is 30.1 Å². The summed E-state index contributed by atoms with van der Waals surface area (Å²) < 4.78 is 11.4. The maximum atomic E-state index is 13.1. The number of ether oxygens (including phenoxy) is 1. The van der Waals surface area contributed by atoms with Crippen LogP contribution >= 0.6 is 0 Å². The Balaban J connectivity index is 1.57. The molecule has 164 valence electrons. The van der Waals surface area contributed by atoms with Gasteiger partial charge in [-0.25, -0.2) is 4.79 Å². The van der Waals surface area contributed by atoms with E-state index in [1.54, 1.807) is 25.4 Å². The number of benzene rings is 1. The molecule has 3 N–H and O–H groups in total. The third-order valence-electron chi connectivity index (χ3n) is 5.97. The Labute approximate surface area is 183 Å². The minimum atomic E-state index is -1.43. The first-order chi connectivity index (χ1) is 15.5. The van der Waals surface area contributed by atoms with E-state index >= 15 is 0 Å². The zero-order valence-electron chi connectivity index (χ0n) is 17.6. The number of aromatic nitrogens is 1. The molecule has 2 aromatic heterocycles. The second-order valence-corrected chi connectivity index (χ2v) is 7.86. The number of fused-ring (bicyclic) bond motifs is 2. The molecule has 0 unspecified atom stereocenters. The Bertz CT molecular complexity index is 1280. The zero-order valence-corrected chi connectivity index (χ0v) is 17.6. The average Bonchev–Trinajstić information content (AvgIpc) is 3.45. The van der Waals surface area contributed by atoms with Crippen LogP contribution in [0, 0.1) is 0 Å². The van der Waals surface area contributed by atoms with Gasteiger partial charge in [0.25, 0.3) is 5.91 Å². The molecule has 9 heteroatoms. The van der Waals surface area contributed by atoms with Crippen LogP contribution in [0.15, 0.2) is 47.0 Å². The number of amides is 3. The van der Waals surface area contributed by atoms with Gasteiger partial charge in [0.05, 0.1) is 20.3 Å². The van der Waals surface area contributed by atoms with Crippen molar-refractivity contribution in [1.29, 1.82) is 0 Å². The quantitative estimate of drug-likeness (QED) is 0.527. The maximum absolute atomic E-state index is 13.1. The lowest BCUT2D eigenvalue weighted by atomic mass is 9.95. The van der Waals surface area contributed by atoms with E-state index in [9.17, 15) is 14.7 Å². The first-order valence-electron chi connectivity index (χ1n) is 10.2. The van der Waals surface area contributed by atoms with Crippen molar-refractivity contribution in [2.75, 3.05) is 13.7 Å². The van der Waals surface area contributed by atoms with Gasteiger partial charge in [-0.3, -0.25) is 15.1 Å². The predicted octanol–water partition coefficient (Wildman–Crippen LogP) is 2.24. The second kappa shape index (κ2) is 7.38. The van der Waals surface area contributed by atoms with Gasteiger partial charge in [0.2, 0.25) is 0 Å². The van der Waals surface area contributed by atoms with Crippen LogP contribution in [-0.4, -0.2) is 40.6 Å². The van der Waals surface area contributed by atoms with E-state index < -0.39 is 17.5 Å². The largest absolute Gasteiger partial charge is 0.497 e. The van der Waals surface area contributed by atoms with Crippen LogP contribution in [-0.2, 0) is 23.5 Å². The van der Waals surface area contributed by atoms with Gasteiger partial charge in [-0.2, -0.15) is 0 Å². The molecule has 0 spiro atoms. The summed E-state index contributed by atoms with van der Waals surface area (Å²) in [6.45, 7) is 2.48. The smallest absolute Gasteiger partial charge is 0.322 e. The molecule has 2 aliphatic heterocycles. The van der Waals surface area contributed by atoms with E-state index in [1.807, 2.05) is 36.1 Å². The lowest BCUT2D eigenvalue weighted by Gasteiger charge is -2.31. The van der Waals surface area contributed by atoms with Gasteiger partial charge in [-0.1, -0.05) is 12.1 Å². The number of carbonyl (C=O) groups excluding carboxylic acids is 2. The van der Waals surface area contributed by atoms with Crippen LogP contribution in [0.5, 0.6) is 5.75 Å². The molecule has 0 aliphatic carbocycles. The normalized spacial score (nSPS) is 21.2. The molecule has 2 aliphatic rings. The minimum absolute atomic E-state index is 0.161. The summed E-state index contributed by atoms with van der Waals surface area (Å²) in [5, 5.41) is 14.5. The highest BCUT2D eigenvalue weighted by Crippen LogP contribution is 2.39. The van der Waals surface area contributed by atoms with E-state index in [2.05, 4.69) is 15.6 Å². The number of furan rings is 1. The Morgan fingerprint density at radius 2 is 2.16 bits per heavy atom. The standard InChI is InChI=1S/C23H22N4O5/c1-3-18-16-7-15(31-2)5-4-14(16)10-27(18)12-23(21(29)25-22(30)26-23)20-8-17-19(32-20)6-13(11-28)9-24-17/h3-9,28H,10-12H2,1-2H3,(H2,25,26,29,30)/b18-3+/t23-/m0/s1. The first kappa shape index (κ1) is 20.1. The maximum Gasteiger partial charge on any atom is 0.322 e. The molecule has 1 fully saturated rings. The van der Waals surface area contributed by atoms with Crippen LogP contribution < -0.4 is 15.4 Å². The summed E-state index contributed by atoms with van der Waals surface area (Å²) in [5.74, 6) is 0.532. The second-order valence-electron chi connectivity index (χ2n) is 7.86. The van der Waals surface area contributed by atoms with E-state index in [4.69, 9.17) is 9.15 Å². The molecule has 5 rings (SSSR count). The number of pyridine rings is 1. The van der Waals surface area contributed by atoms with Crippen molar-refractivity contribution in [1.82, 2.24) is 20.5 Å². The molecule has 1 atom stereocenters. The Morgan fingerprint density at radius 1 is 1.31 bits per heavy atom. The number of imide groups is 1. The van der Waals surface area contributed by atoms with Crippen molar-refractivity contribution < 1.29 is 23.8 Å². The van der Waals surface area contributed by atoms with E-state index in [0.29, 0.717) is 23.2 Å². The van der Waals surface area contributed by atoms with E-state index in [1.165, 1.54) is 0 Å². The summed E-state index contributed by atoms with van der Waals surface area (Å²) in [5.41, 5.74) is 3.17. The number of aliphatic hydroxyl groups is 1. The zero-order chi connectivity index (χ0) is 22.5. The van der Waals surface area contributed by atoms with Gasteiger partial charge >= 0.3 is 6.03 Å². The van der Waals surface area contributed by atoms with Gasteiger partial charge < -0.3 is 24.5 Å². The molecule has 3 amide bonds. The van der Waals surface area contributed by atoms with Crippen molar-refractivity contribution in [2.45, 2.75) is 25.6 Å². The van der Waals surface area contributed by atoms with Crippen LogP contribution in [0.25, 0.3) is 16.8 Å². The van der Waals surface area contributed by atoms with Crippen molar-refractivity contribution in [3.05, 3.63) is 65.1 Å². The van der Waals surface area contributed by atoms with Gasteiger partial charge in [0.15, 0.2) is 11.1 Å². The van der Waals surface area contributed by atoms with Crippen molar-refractivity contribution >= 4 is 28.7 Å². The molecule has 1 aromatic carbocycles. The summed E-state index contributed by atoms with van der Waals surface area (Å²) >= 11 is 0. The lowest BCUT2D eigenvalue weighted by Crippen LogP contribution is -2.51. The van der Waals surface area contributed by atoms with E-state index in [-0.39, 0.29) is 18.9 Å². The third kappa shape index (κ3) is 3.01. The number of methoxy groups -OCH3 is 1. The van der Waals surface area contributed by atoms with Gasteiger partial charge in [-0.15, -0.1) is 0 Å². The topological polar surface area (TPSA) is 117 Å². The third-order valence-corrected chi connectivity index (χ3v) is 5.97. The Hall–Kier alpha value is -3.85. The number of nitrogens with one attached hydrogen (secondary N) is 2. The van der Waals surface area contributed by atoms with Crippen molar-refractivity contribution in [2.24, 2.45) is 0 Å². The number of hydrogen-bond acceptors (Lipinski definition) is 7. The molecule has 9 nitrogen and oxygen atoms in total. The molecule has 4 heterocycles.